The number of carbonyl (C=O) groups excluding carboxylic acids is 1. The first-order valence-electron chi connectivity index (χ1n) is 10.4. The van der Waals surface area contributed by atoms with Gasteiger partial charge in [0.25, 0.3) is 0 Å². The van der Waals surface area contributed by atoms with E-state index in [2.05, 4.69) is 10.2 Å². The maximum absolute atomic E-state index is 13.0. The van der Waals surface area contributed by atoms with Gasteiger partial charge < -0.3 is 4.90 Å². The summed E-state index contributed by atoms with van der Waals surface area (Å²) in [6, 6.07) is 10.8. The first-order valence-corrected chi connectivity index (χ1v) is 13.1. The molecule has 0 unspecified atom stereocenters. The second-order valence-corrected chi connectivity index (χ2v) is 11.0. The number of thiophene rings is 1. The predicted octanol–water partition coefficient (Wildman–Crippen LogP) is 3.29. The summed E-state index contributed by atoms with van der Waals surface area (Å²) in [6.45, 7) is 3.93. The van der Waals surface area contributed by atoms with Gasteiger partial charge in [0.05, 0.1) is 9.77 Å². The fourth-order valence-electron chi connectivity index (χ4n) is 3.73. The van der Waals surface area contributed by atoms with Crippen LogP contribution in [0.2, 0.25) is 0 Å². The Hall–Kier alpha value is -2.34. The van der Waals surface area contributed by atoms with Crippen LogP contribution in [-0.2, 0) is 21.4 Å². The molecule has 0 atom stereocenters. The molecule has 0 aliphatic carbocycles. The van der Waals surface area contributed by atoms with Crippen LogP contribution in [0.4, 0.5) is 0 Å². The van der Waals surface area contributed by atoms with Crippen molar-refractivity contribution < 1.29 is 13.2 Å². The zero-order chi connectivity index (χ0) is 22.7. The minimum absolute atomic E-state index is 0.0141. The van der Waals surface area contributed by atoms with Crippen molar-refractivity contribution in [1.29, 1.82) is 0 Å². The van der Waals surface area contributed by atoms with Crippen molar-refractivity contribution in [3.05, 3.63) is 52.1 Å². The van der Waals surface area contributed by atoms with Crippen LogP contribution >= 0.6 is 23.6 Å². The molecule has 8 nitrogen and oxygen atoms in total. The molecule has 1 aliphatic rings. The molecule has 1 N–H and O–H groups in total. The number of nitrogens with one attached hydrogen (secondary N) is 1. The van der Waals surface area contributed by atoms with Gasteiger partial charge in [0.15, 0.2) is 10.6 Å². The SMILES string of the molecule is Cc1ccc(S(=O)(=O)N2CCCN(C(=O)CCn3c(-c4cccs4)n[nH]c3=S)CC2)cc1. The van der Waals surface area contributed by atoms with E-state index in [4.69, 9.17) is 12.2 Å². The summed E-state index contributed by atoms with van der Waals surface area (Å²) in [4.78, 5) is 15.9. The summed E-state index contributed by atoms with van der Waals surface area (Å²) in [5.41, 5.74) is 1.01. The highest BCUT2D eigenvalue weighted by atomic mass is 32.2. The lowest BCUT2D eigenvalue weighted by Crippen LogP contribution is -2.37. The highest BCUT2D eigenvalue weighted by Crippen LogP contribution is 2.23. The van der Waals surface area contributed by atoms with Crippen LogP contribution in [0.1, 0.15) is 18.4 Å². The second kappa shape index (κ2) is 9.65. The summed E-state index contributed by atoms with van der Waals surface area (Å²) in [7, 11) is -3.57. The monoisotopic (exact) mass is 491 g/mol. The van der Waals surface area contributed by atoms with Crippen molar-refractivity contribution in [2.75, 3.05) is 26.2 Å². The Kier molecular flexibility index (Phi) is 6.89. The highest BCUT2D eigenvalue weighted by molar-refractivity contribution is 7.89. The minimum atomic E-state index is -3.57. The third-order valence-electron chi connectivity index (χ3n) is 5.52. The lowest BCUT2D eigenvalue weighted by atomic mass is 10.2. The number of nitrogens with zero attached hydrogens (tertiary/aromatic N) is 4. The van der Waals surface area contributed by atoms with Crippen molar-refractivity contribution in [3.63, 3.8) is 0 Å². The van der Waals surface area contributed by atoms with Gasteiger partial charge in [-0.1, -0.05) is 23.8 Å². The normalized spacial score (nSPS) is 15.6. The molecule has 3 aromatic rings. The first-order chi connectivity index (χ1) is 15.4. The van der Waals surface area contributed by atoms with Gasteiger partial charge in [-0.05, 0) is 49.1 Å². The number of sulfonamides is 1. The largest absolute Gasteiger partial charge is 0.341 e. The van der Waals surface area contributed by atoms with Gasteiger partial charge >= 0.3 is 0 Å². The predicted molar refractivity (Wildman–Crippen MR) is 126 cm³/mol. The molecular weight excluding hydrogens is 466 g/mol. The van der Waals surface area contributed by atoms with Crippen LogP contribution in [-0.4, -0.2) is 64.5 Å². The molecule has 1 amide bonds. The molecule has 1 aliphatic heterocycles. The molecule has 0 bridgehead atoms. The van der Waals surface area contributed by atoms with Crippen LogP contribution in [0.25, 0.3) is 10.7 Å². The average Bonchev–Trinajstić information content (AvgIpc) is 3.35. The number of benzene rings is 1. The van der Waals surface area contributed by atoms with E-state index in [1.54, 1.807) is 40.5 Å². The molecule has 0 saturated carbocycles. The Morgan fingerprint density at radius 3 is 2.66 bits per heavy atom. The zero-order valence-corrected chi connectivity index (χ0v) is 20.2. The summed E-state index contributed by atoms with van der Waals surface area (Å²) < 4.78 is 29.8. The Bertz CT molecular complexity index is 1230. The van der Waals surface area contributed by atoms with Crippen molar-refractivity contribution >= 4 is 39.5 Å². The third kappa shape index (κ3) is 4.85. The maximum atomic E-state index is 13.0. The van der Waals surface area contributed by atoms with Crippen molar-refractivity contribution in [1.82, 2.24) is 24.0 Å². The van der Waals surface area contributed by atoms with Gasteiger partial charge in [-0.15, -0.1) is 11.3 Å². The lowest BCUT2D eigenvalue weighted by Gasteiger charge is -2.22. The van der Waals surface area contributed by atoms with E-state index in [0.29, 0.717) is 42.3 Å². The van der Waals surface area contributed by atoms with Crippen LogP contribution in [0.5, 0.6) is 0 Å². The van der Waals surface area contributed by atoms with Crippen molar-refractivity contribution in [2.45, 2.75) is 31.2 Å². The van der Waals surface area contributed by atoms with Crippen LogP contribution in [0, 0.1) is 11.7 Å². The highest BCUT2D eigenvalue weighted by Gasteiger charge is 2.28. The summed E-state index contributed by atoms with van der Waals surface area (Å²) >= 11 is 6.90. The van der Waals surface area contributed by atoms with E-state index in [0.717, 1.165) is 16.3 Å². The quantitative estimate of drug-likeness (QED) is 0.535. The van der Waals surface area contributed by atoms with E-state index in [-0.39, 0.29) is 18.9 Å². The number of hydrogen-bond acceptors (Lipinski definition) is 6. The van der Waals surface area contributed by atoms with E-state index in [1.165, 1.54) is 4.31 Å². The number of carbonyl (C=O) groups is 1. The minimum Gasteiger partial charge on any atom is -0.341 e. The van der Waals surface area contributed by atoms with Gasteiger partial charge in [0, 0.05) is 39.1 Å². The van der Waals surface area contributed by atoms with Crippen LogP contribution < -0.4 is 0 Å². The summed E-state index contributed by atoms with van der Waals surface area (Å²) in [5, 5.41) is 9.07. The number of amides is 1. The Morgan fingerprint density at radius 1 is 1.16 bits per heavy atom. The van der Waals surface area contributed by atoms with E-state index >= 15 is 0 Å². The number of H-pyrrole nitrogens is 1. The molecule has 0 radical (unpaired) electrons. The van der Waals surface area contributed by atoms with Crippen molar-refractivity contribution in [2.24, 2.45) is 0 Å². The zero-order valence-electron chi connectivity index (χ0n) is 17.7. The number of aromatic amines is 1. The van der Waals surface area contributed by atoms with E-state index < -0.39 is 10.0 Å². The molecule has 11 heteroatoms. The number of rotatable bonds is 6. The number of aromatic nitrogens is 3. The van der Waals surface area contributed by atoms with Crippen LogP contribution in [0.3, 0.4) is 0 Å². The van der Waals surface area contributed by atoms with Gasteiger partial charge in [0.1, 0.15) is 0 Å². The smallest absolute Gasteiger partial charge is 0.243 e. The molecule has 170 valence electrons. The molecule has 4 rings (SSSR count). The molecule has 32 heavy (non-hydrogen) atoms. The molecule has 2 aromatic heterocycles. The maximum Gasteiger partial charge on any atom is 0.243 e. The molecule has 1 fully saturated rings. The second-order valence-electron chi connectivity index (χ2n) is 7.68. The van der Waals surface area contributed by atoms with Gasteiger partial charge in [-0.3, -0.25) is 14.5 Å². The fourth-order valence-corrected chi connectivity index (χ4v) is 6.14. The molecule has 1 aromatic carbocycles. The number of hydrogen-bond donors (Lipinski definition) is 1. The molecule has 1 saturated heterocycles. The van der Waals surface area contributed by atoms with Gasteiger partial charge in [-0.25, -0.2) is 8.42 Å². The molecular formula is C21H25N5O3S3. The lowest BCUT2D eigenvalue weighted by molar-refractivity contribution is -0.131. The molecule has 0 spiro atoms. The van der Waals surface area contributed by atoms with Crippen LogP contribution in [0.15, 0.2) is 46.7 Å². The van der Waals surface area contributed by atoms with Crippen molar-refractivity contribution in [3.8, 4) is 10.7 Å². The van der Waals surface area contributed by atoms with Gasteiger partial charge in [0.2, 0.25) is 15.9 Å². The summed E-state index contributed by atoms with van der Waals surface area (Å²) in [6.07, 6.45) is 0.874. The van der Waals surface area contributed by atoms with Gasteiger partial charge in [-0.2, -0.15) is 9.40 Å². The standard InChI is InChI=1S/C21H25N5O3S3/c1-16-5-7-17(8-6-16)32(28,29)25-11-3-10-24(13-14-25)19(27)9-12-26-20(22-23-21(26)30)18-4-2-15-31-18/h2,4-8,15H,3,9-14H2,1H3,(H,23,30). The first kappa shape index (κ1) is 22.8. The molecule has 3 heterocycles. The third-order valence-corrected chi connectivity index (χ3v) is 8.61. The summed E-state index contributed by atoms with van der Waals surface area (Å²) in [5.74, 6) is 0.712. The fraction of sp³-hybridized carbons (Fsp3) is 0.381. The number of aryl methyl sites for hydroxylation is 1. The Balaban J connectivity index is 1.39. The Morgan fingerprint density at radius 2 is 1.94 bits per heavy atom. The Labute approximate surface area is 196 Å². The average molecular weight is 492 g/mol. The van der Waals surface area contributed by atoms with E-state index in [9.17, 15) is 13.2 Å². The van der Waals surface area contributed by atoms with E-state index in [1.807, 2.05) is 29.0 Å². The topological polar surface area (TPSA) is 91.3 Å².